The molecule has 0 saturated carbocycles. The molecule has 0 saturated heterocycles. The number of nitrogens with zero attached hydrogens (tertiary/aromatic N) is 2. The average Bonchev–Trinajstić information content (AvgIpc) is 2.75. The van der Waals surface area contributed by atoms with Crippen molar-refractivity contribution in [1.29, 1.82) is 0 Å². The highest BCUT2D eigenvalue weighted by Crippen LogP contribution is 2.03. The zero-order valence-electron chi connectivity index (χ0n) is 8.63. The summed E-state index contributed by atoms with van der Waals surface area (Å²) in [6.45, 7) is 1.44. The van der Waals surface area contributed by atoms with Crippen LogP contribution in [-0.2, 0) is 19.5 Å². The van der Waals surface area contributed by atoms with Gasteiger partial charge in [-0.15, -0.1) is 0 Å². The lowest BCUT2D eigenvalue weighted by molar-refractivity contribution is 0.585. The first-order chi connectivity index (χ1) is 7.40. The lowest BCUT2D eigenvalue weighted by Gasteiger charge is -2.05. The molecule has 0 fully saturated rings. The number of nitrogens with two attached hydrogens (primary N) is 1. The lowest BCUT2D eigenvalue weighted by atomic mass is 10.1. The van der Waals surface area contributed by atoms with Gasteiger partial charge in [0.1, 0.15) is 0 Å². The van der Waals surface area contributed by atoms with Crippen LogP contribution in [0.1, 0.15) is 11.3 Å². The number of aryl methyl sites for hydroxylation is 2. The van der Waals surface area contributed by atoms with Crippen LogP contribution in [0.3, 0.4) is 0 Å². The van der Waals surface area contributed by atoms with Gasteiger partial charge in [-0.05, 0) is 18.1 Å². The van der Waals surface area contributed by atoms with Crippen molar-refractivity contribution in [1.82, 2.24) is 9.78 Å². The summed E-state index contributed by atoms with van der Waals surface area (Å²) in [6, 6.07) is 12.4. The minimum absolute atomic E-state index is 0.550. The molecule has 1 aromatic heterocycles. The van der Waals surface area contributed by atoms with Gasteiger partial charge in [-0.3, -0.25) is 4.68 Å². The van der Waals surface area contributed by atoms with Crippen LogP contribution in [0.2, 0.25) is 0 Å². The van der Waals surface area contributed by atoms with Gasteiger partial charge in [-0.1, -0.05) is 30.3 Å². The Morgan fingerprint density at radius 3 is 2.67 bits per heavy atom. The van der Waals surface area contributed by atoms with E-state index in [9.17, 15) is 0 Å². The number of benzene rings is 1. The Hall–Kier alpha value is -1.61. The molecule has 3 nitrogen and oxygen atoms in total. The smallest absolute Gasteiger partial charge is 0.0520 e. The molecule has 0 radical (unpaired) electrons. The Bertz CT molecular complexity index is 406. The van der Waals surface area contributed by atoms with E-state index in [-0.39, 0.29) is 0 Å². The number of rotatable bonds is 4. The molecule has 0 spiro atoms. The number of hydrogen-bond acceptors (Lipinski definition) is 2. The predicted molar refractivity (Wildman–Crippen MR) is 60.3 cm³/mol. The first-order valence-corrected chi connectivity index (χ1v) is 5.15. The second-order valence-corrected chi connectivity index (χ2v) is 3.49. The van der Waals surface area contributed by atoms with Crippen molar-refractivity contribution in [3.63, 3.8) is 0 Å². The van der Waals surface area contributed by atoms with Crippen molar-refractivity contribution in [3.8, 4) is 0 Å². The van der Waals surface area contributed by atoms with E-state index in [1.165, 1.54) is 5.56 Å². The monoisotopic (exact) mass is 201 g/mol. The second-order valence-electron chi connectivity index (χ2n) is 3.49. The lowest BCUT2D eigenvalue weighted by Crippen LogP contribution is -2.10. The molecule has 0 aliphatic heterocycles. The molecule has 1 heterocycles. The van der Waals surface area contributed by atoms with Crippen LogP contribution in [0.5, 0.6) is 0 Å². The molecule has 0 bridgehead atoms. The summed E-state index contributed by atoms with van der Waals surface area (Å²) in [5.74, 6) is 0. The van der Waals surface area contributed by atoms with E-state index >= 15 is 0 Å². The van der Waals surface area contributed by atoms with E-state index in [4.69, 9.17) is 5.73 Å². The second kappa shape index (κ2) is 4.75. The molecular weight excluding hydrogens is 186 g/mol. The first kappa shape index (κ1) is 9.93. The maximum atomic E-state index is 5.60. The highest BCUT2D eigenvalue weighted by Gasteiger charge is 1.99. The van der Waals surface area contributed by atoms with Gasteiger partial charge in [0.15, 0.2) is 0 Å². The Labute approximate surface area is 89.5 Å². The van der Waals surface area contributed by atoms with Gasteiger partial charge in [0, 0.05) is 19.3 Å². The maximum Gasteiger partial charge on any atom is 0.0520 e. The molecule has 1 aromatic carbocycles. The molecule has 78 valence electrons. The molecule has 0 amide bonds. The highest BCUT2D eigenvalue weighted by molar-refractivity contribution is 5.14. The summed E-state index contributed by atoms with van der Waals surface area (Å²) >= 11 is 0. The standard InChI is InChI=1S/C12H15N3/c13-10-12-6-8-14-15(12)9-7-11-4-2-1-3-5-11/h1-6,8H,7,9-10,13H2. The minimum Gasteiger partial charge on any atom is -0.325 e. The fraction of sp³-hybridized carbons (Fsp3) is 0.250. The van der Waals surface area contributed by atoms with E-state index in [0.717, 1.165) is 18.7 Å². The molecule has 0 unspecified atom stereocenters. The molecule has 15 heavy (non-hydrogen) atoms. The van der Waals surface area contributed by atoms with Crippen LogP contribution in [0.25, 0.3) is 0 Å². The van der Waals surface area contributed by atoms with Gasteiger partial charge in [0.2, 0.25) is 0 Å². The fourth-order valence-electron chi connectivity index (χ4n) is 1.61. The van der Waals surface area contributed by atoms with Crippen molar-refractivity contribution in [3.05, 3.63) is 53.9 Å². The molecule has 2 rings (SSSR count). The third-order valence-corrected chi connectivity index (χ3v) is 2.47. The van der Waals surface area contributed by atoms with Crippen molar-refractivity contribution < 1.29 is 0 Å². The SMILES string of the molecule is NCc1ccnn1CCc1ccccc1. The predicted octanol–water partition coefficient (Wildman–Crippen LogP) is 1.58. The molecule has 3 heteroatoms. The van der Waals surface area contributed by atoms with Crippen LogP contribution in [0.15, 0.2) is 42.6 Å². The van der Waals surface area contributed by atoms with Gasteiger partial charge in [-0.25, -0.2) is 0 Å². The normalized spacial score (nSPS) is 10.5. The van der Waals surface area contributed by atoms with Crippen molar-refractivity contribution in [2.24, 2.45) is 5.73 Å². The van der Waals surface area contributed by atoms with Gasteiger partial charge in [0.25, 0.3) is 0 Å². The Balaban J connectivity index is 1.99. The molecule has 0 atom stereocenters. The largest absolute Gasteiger partial charge is 0.325 e. The molecule has 2 N–H and O–H groups in total. The van der Waals surface area contributed by atoms with Crippen molar-refractivity contribution >= 4 is 0 Å². The number of hydrogen-bond donors (Lipinski definition) is 1. The molecular formula is C12H15N3. The van der Waals surface area contributed by atoms with E-state index in [0.29, 0.717) is 6.54 Å². The van der Waals surface area contributed by atoms with E-state index in [1.54, 1.807) is 6.20 Å². The topological polar surface area (TPSA) is 43.8 Å². The van der Waals surface area contributed by atoms with Crippen LogP contribution in [0.4, 0.5) is 0 Å². The zero-order chi connectivity index (χ0) is 10.5. The Morgan fingerprint density at radius 2 is 1.93 bits per heavy atom. The van der Waals surface area contributed by atoms with Crippen LogP contribution in [-0.4, -0.2) is 9.78 Å². The average molecular weight is 201 g/mol. The van der Waals surface area contributed by atoms with Crippen LogP contribution >= 0.6 is 0 Å². The summed E-state index contributed by atoms with van der Waals surface area (Å²) in [7, 11) is 0. The zero-order valence-corrected chi connectivity index (χ0v) is 8.63. The highest BCUT2D eigenvalue weighted by atomic mass is 15.3. The Kier molecular flexibility index (Phi) is 3.15. The van der Waals surface area contributed by atoms with Crippen molar-refractivity contribution in [2.75, 3.05) is 0 Å². The summed E-state index contributed by atoms with van der Waals surface area (Å²) in [4.78, 5) is 0. The van der Waals surface area contributed by atoms with Gasteiger partial charge in [0.05, 0.1) is 5.69 Å². The third-order valence-electron chi connectivity index (χ3n) is 2.47. The summed E-state index contributed by atoms with van der Waals surface area (Å²) in [5.41, 5.74) is 8.02. The van der Waals surface area contributed by atoms with E-state index in [1.807, 2.05) is 16.8 Å². The van der Waals surface area contributed by atoms with Gasteiger partial charge >= 0.3 is 0 Å². The van der Waals surface area contributed by atoms with Crippen LogP contribution < -0.4 is 5.73 Å². The molecule has 0 aliphatic carbocycles. The first-order valence-electron chi connectivity index (χ1n) is 5.15. The summed E-state index contributed by atoms with van der Waals surface area (Å²) in [5, 5.41) is 4.24. The van der Waals surface area contributed by atoms with Crippen LogP contribution in [0, 0.1) is 0 Å². The summed E-state index contributed by atoms with van der Waals surface area (Å²) in [6.07, 6.45) is 2.79. The van der Waals surface area contributed by atoms with Crippen molar-refractivity contribution in [2.45, 2.75) is 19.5 Å². The maximum absolute atomic E-state index is 5.60. The van der Waals surface area contributed by atoms with E-state index in [2.05, 4.69) is 29.4 Å². The quantitative estimate of drug-likeness (QED) is 0.816. The minimum atomic E-state index is 0.550. The van der Waals surface area contributed by atoms with Gasteiger partial charge in [-0.2, -0.15) is 5.10 Å². The molecule has 2 aromatic rings. The Morgan fingerprint density at radius 1 is 1.13 bits per heavy atom. The number of aromatic nitrogens is 2. The van der Waals surface area contributed by atoms with E-state index < -0.39 is 0 Å². The fourth-order valence-corrected chi connectivity index (χ4v) is 1.61. The summed E-state index contributed by atoms with van der Waals surface area (Å²) < 4.78 is 1.97. The molecule has 0 aliphatic rings. The third kappa shape index (κ3) is 2.44. The van der Waals surface area contributed by atoms with Gasteiger partial charge < -0.3 is 5.73 Å².